The molecule has 0 aliphatic carbocycles. The largest absolute Gasteiger partial charge is 0.307 e. The predicted molar refractivity (Wildman–Crippen MR) is 76.2 cm³/mol. The lowest BCUT2D eigenvalue weighted by atomic mass is 10.1. The molecule has 0 bridgehead atoms. The molecule has 1 heterocycles. The lowest BCUT2D eigenvalue weighted by molar-refractivity contribution is -0.00329. The van der Waals surface area contributed by atoms with Crippen LogP contribution in [0.4, 0.5) is 17.6 Å². The standard InChI is InChI=1S/C14H10Cl2F4N2/c15-11-5-21-6-12(16)13(11)14(19,20)7-22-4-8-1-9(17)3-10(18)2-8/h1-3,5-6,22H,4,7H2. The molecule has 2 rings (SSSR count). The van der Waals surface area contributed by atoms with E-state index in [-0.39, 0.29) is 22.2 Å². The highest BCUT2D eigenvalue weighted by molar-refractivity contribution is 6.35. The number of rotatable bonds is 5. The van der Waals surface area contributed by atoms with Gasteiger partial charge in [-0.2, -0.15) is 8.78 Å². The molecule has 0 saturated heterocycles. The Hall–Kier alpha value is -1.37. The van der Waals surface area contributed by atoms with E-state index in [1.54, 1.807) is 0 Å². The smallest absolute Gasteiger partial charge is 0.288 e. The van der Waals surface area contributed by atoms with Crippen molar-refractivity contribution in [1.29, 1.82) is 0 Å². The maximum Gasteiger partial charge on any atom is 0.288 e. The minimum Gasteiger partial charge on any atom is -0.307 e. The third-order valence-corrected chi connectivity index (χ3v) is 3.39. The lowest BCUT2D eigenvalue weighted by Crippen LogP contribution is -2.31. The molecule has 0 aliphatic rings. The number of hydrogen-bond acceptors (Lipinski definition) is 2. The number of hydrogen-bond donors (Lipinski definition) is 1. The van der Waals surface area contributed by atoms with E-state index in [0.717, 1.165) is 24.5 Å². The van der Waals surface area contributed by atoms with Crippen LogP contribution in [0.3, 0.4) is 0 Å². The van der Waals surface area contributed by atoms with Gasteiger partial charge in [0.1, 0.15) is 11.6 Å². The summed E-state index contributed by atoms with van der Waals surface area (Å²) in [6.07, 6.45) is 2.14. The Labute approximate surface area is 134 Å². The van der Waals surface area contributed by atoms with Gasteiger partial charge in [0.2, 0.25) is 0 Å². The van der Waals surface area contributed by atoms with Crippen LogP contribution in [0.1, 0.15) is 11.1 Å². The van der Waals surface area contributed by atoms with Crippen LogP contribution in [0, 0.1) is 11.6 Å². The van der Waals surface area contributed by atoms with E-state index < -0.39 is 29.7 Å². The van der Waals surface area contributed by atoms with Crippen LogP contribution < -0.4 is 5.32 Å². The molecular formula is C14H10Cl2F4N2. The van der Waals surface area contributed by atoms with Gasteiger partial charge < -0.3 is 5.32 Å². The molecule has 2 nitrogen and oxygen atoms in total. The van der Waals surface area contributed by atoms with Gasteiger partial charge in [-0.1, -0.05) is 23.2 Å². The van der Waals surface area contributed by atoms with E-state index in [0.29, 0.717) is 6.07 Å². The second-order valence-corrected chi connectivity index (χ2v) is 5.38. The van der Waals surface area contributed by atoms with E-state index in [4.69, 9.17) is 23.2 Å². The summed E-state index contributed by atoms with van der Waals surface area (Å²) < 4.78 is 54.3. The molecule has 1 aromatic heterocycles. The van der Waals surface area contributed by atoms with Crippen molar-refractivity contribution in [2.45, 2.75) is 12.5 Å². The van der Waals surface area contributed by atoms with Crippen LogP contribution in [0.5, 0.6) is 0 Å². The zero-order valence-electron chi connectivity index (χ0n) is 11.0. The van der Waals surface area contributed by atoms with Crippen molar-refractivity contribution >= 4 is 23.2 Å². The molecule has 1 N–H and O–H groups in total. The van der Waals surface area contributed by atoms with Gasteiger partial charge in [-0.3, -0.25) is 4.98 Å². The highest BCUT2D eigenvalue weighted by atomic mass is 35.5. The SMILES string of the molecule is Fc1cc(F)cc(CNCC(F)(F)c2c(Cl)cncc2Cl)c1. The zero-order chi connectivity index (χ0) is 16.3. The first-order chi connectivity index (χ1) is 10.3. The molecule has 0 fully saturated rings. The number of benzene rings is 1. The van der Waals surface area contributed by atoms with Crippen molar-refractivity contribution in [3.8, 4) is 0 Å². The molecule has 0 unspecified atom stereocenters. The van der Waals surface area contributed by atoms with Crippen LogP contribution in [-0.2, 0) is 12.5 Å². The number of nitrogens with zero attached hydrogens (tertiary/aromatic N) is 1. The highest BCUT2D eigenvalue weighted by Crippen LogP contribution is 2.37. The summed E-state index contributed by atoms with van der Waals surface area (Å²) in [6.45, 7) is -0.931. The van der Waals surface area contributed by atoms with Crippen LogP contribution in [0.25, 0.3) is 0 Å². The summed E-state index contributed by atoms with van der Waals surface area (Å²) in [5, 5.41) is 1.92. The van der Waals surface area contributed by atoms with E-state index in [1.165, 1.54) is 0 Å². The summed E-state index contributed by atoms with van der Waals surface area (Å²) in [6, 6.07) is 2.82. The van der Waals surface area contributed by atoms with E-state index in [9.17, 15) is 17.6 Å². The summed E-state index contributed by atoms with van der Waals surface area (Å²) in [5.41, 5.74) is -0.330. The van der Waals surface area contributed by atoms with Gasteiger partial charge in [-0.15, -0.1) is 0 Å². The maximum atomic E-state index is 14.1. The van der Waals surface area contributed by atoms with Gasteiger partial charge in [0.25, 0.3) is 5.92 Å². The number of nitrogens with one attached hydrogen (secondary N) is 1. The Morgan fingerprint density at radius 1 is 1.00 bits per heavy atom. The van der Waals surface area contributed by atoms with E-state index in [2.05, 4.69) is 10.3 Å². The third-order valence-electron chi connectivity index (χ3n) is 2.82. The molecule has 22 heavy (non-hydrogen) atoms. The molecule has 118 valence electrons. The minimum atomic E-state index is -3.36. The molecule has 0 saturated carbocycles. The molecular weight excluding hydrogens is 343 g/mol. The van der Waals surface area contributed by atoms with Gasteiger partial charge >= 0.3 is 0 Å². The summed E-state index contributed by atoms with van der Waals surface area (Å²) in [7, 11) is 0. The van der Waals surface area contributed by atoms with Gasteiger partial charge in [-0.25, -0.2) is 8.78 Å². The van der Waals surface area contributed by atoms with Gasteiger partial charge in [0, 0.05) is 25.0 Å². The first-order valence-corrected chi connectivity index (χ1v) is 6.88. The fourth-order valence-electron chi connectivity index (χ4n) is 1.93. The zero-order valence-corrected chi connectivity index (χ0v) is 12.5. The van der Waals surface area contributed by atoms with Crippen molar-refractivity contribution in [3.63, 3.8) is 0 Å². The second kappa shape index (κ2) is 6.81. The van der Waals surface area contributed by atoms with E-state index in [1.807, 2.05) is 0 Å². The quantitative estimate of drug-likeness (QED) is 0.798. The van der Waals surface area contributed by atoms with Gasteiger partial charge in [0.05, 0.1) is 22.2 Å². The summed E-state index contributed by atoms with van der Waals surface area (Å²) >= 11 is 11.4. The van der Waals surface area contributed by atoms with Crippen LogP contribution >= 0.6 is 23.2 Å². The number of aromatic nitrogens is 1. The Morgan fingerprint density at radius 3 is 2.09 bits per heavy atom. The molecule has 0 aliphatic heterocycles. The predicted octanol–water partition coefficient (Wildman–Crippen LogP) is 4.55. The molecule has 0 spiro atoms. The summed E-state index contributed by atoms with van der Waals surface area (Å²) in [4.78, 5) is 3.60. The van der Waals surface area contributed by atoms with Crippen molar-refractivity contribution in [3.05, 3.63) is 63.4 Å². The number of pyridine rings is 1. The molecule has 1 aromatic carbocycles. The molecule has 0 radical (unpaired) electrons. The number of alkyl halides is 2. The highest BCUT2D eigenvalue weighted by Gasteiger charge is 2.35. The van der Waals surface area contributed by atoms with Gasteiger partial charge in [0.15, 0.2) is 0 Å². The molecule has 0 atom stereocenters. The Morgan fingerprint density at radius 2 is 1.55 bits per heavy atom. The lowest BCUT2D eigenvalue weighted by Gasteiger charge is -2.19. The summed E-state index contributed by atoms with van der Waals surface area (Å²) in [5.74, 6) is -4.91. The van der Waals surface area contributed by atoms with Crippen LogP contribution in [0.15, 0.2) is 30.6 Å². The maximum absolute atomic E-state index is 14.1. The van der Waals surface area contributed by atoms with Crippen molar-refractivity contribution < 1.29 is 17.6 Å². The Balaban J connectivity index is 2.07. The fourth-order valence-corrected chi connectivity index (χ4v) is 2.57. The monoisotopic (exact) mass is 352 g/mol. The van der Waals surface area contributed by atoms with Crippen LogP contribution in [0.2, 0.25) is 10.0 Å². The van der Waals surface area contributed by atoms with Crippen molar-refractivity contribution in [2.24, 2.45) is 0 Å². The first-order valence-electron chi connectivity index (χ1n) is 6.12. The Bertz CT molecular complexity index is 639. The Kier molecular flexibility index (Phi) is 5.26. The number of halogens is 6. The van der Waals surface area contributed by atoms with E-state index >= 15 is 0 Å². The fraction of sp³-hybridized carbons (Fsp3) is 0.214. The normalized spacial score (nSPS) is 11.7. The second-order valence-electron chi connectivity index (χ2n) is 4.56. The molecule has 8 heteroatoms. The average molecular weight is 353 g/mol. The van der Waals surface area contributed by atoms with Crippen LogP contribution in [-0.4, -0.2) is 11.5 Å². The first kappa shape index (κ1) is 17.0. The van der Waals surface area contributed by atoms with Crippen molar-refractivity contribution in [2.75, 3.05) is 6.54 Å². The van der Waals surface area contributed by atoms with Crippen molar-refractivity contribution in [1.82, 2.24) is 10.3 Å². The topological polar surface area (TPSA) is 24.9 Å². The average Bonchev–Trinajstić information content (AvgIpc) is 2.36. The van der Waals surface area contributed by atoms with Gasteiger partial charge in [-0.05, 0) is 17.7 Å². The molecule has 0 amide bonds. The minimum absolute atomic E-state index is 0.134. The third kappa shape index (κ3) is 4.09. The molecule has 2 aromatic rings.